The lowest BCUT2D eigenvalue weighted by atomic mass is 10.1. The van der Waals surface area contributed by atoms with E-state index in [9.17, 15) is 0 Å². The molecule has 0 aliphatic rings. The molecule has 0 fully saturated rings. The number of hydrogen-bond donors (Lipinski definition) is 1. The van der Waals surface area contributed by atoms with Crippen LogP contribution in [0.15, 0.2) is 54.6 Å². The number of imidazole rings is 1. The number of rotatable bonds is 6. The highest BCUT2D eigenvalue weighted by Crippen LogP contribution is 2.28. The van der Waals surface area contributed by atoms with Gasteiger partial charge in [0.25, 0.3) is 0 Å². The van der Waals surface area contributed by atoms with E-state index in [-0.39, 0.29) is 0 Å². The average molecular weight is 378 g/mol. The zero-order chi connectivity index (χ0) is 18.6. The van der Waals surface area contributed by atoms with Gasteiger partial charge in [-0.2, -0.15) is 4.98 Å². The van der Waals surface area contributed by atoms with Gasteiger partial charge < -0.3 is 14.6 Å². The second-order valence-electron chi connectivity index (χ2n) is 6.04. The quantitative estimate of drug-likeness (QED) is 0.547. The number of nitrogens with zero attached hydrogens (tertiary/aromatic N) is 5. The van der Waals surface area contributed by atoms with Gasteiger partial charge in [-0.1, -0.05) is 6.07 Å². The van der Waals surface area contributed by atoms with Crippen LogP contribution in [0.1, 0.15) is 11.4 Å². The first-order valence-electron chi connectivity index (χ1n) is 8.37. The summed E-state index contributed by atoms with van der Waals surface area (Å²) in [5.74, 6) is 1.80. The standard InChI is InChI=1S/C19H18N6OS/c1-13-7-14(16-10-20-12-27-16)9-15(8-13)23-19-22-4-3-18(24-19)26-11-17-21-5-6-25(17)2/h3-10,12H,11H2,1-2H3,(H,22,23,24). The van der Waals surface area contributed by atoms with Crippen molar-refractivity contribution in [2.75, 3.05) is 5.32 Å². The van der Waals surface area contributed by atoms with Crippen LogP contribution in [0.3, 0.4) is 0 Å². The van der Waals surface area contributed by atoms with Crippen LogP contribution in [0.4, 0.5) is 11.6 Å². The molecule has 0 saturated heterocycles. The summed E-state index contributed by atoms with van der Waals surface area (Å²) < 4.78 is 7.65. The van der Waals surface area contributed by atoms with E-state index < -0.39 is 0 Å². The molecule has 27 heavy (non-hydrogen) atoms. The maximum Gasteiger partial charge on any atom is 0.230 e. The van der Waals surface area contributed by atoms with Crippen molar-refractivity contribution in [1.82, 2.24) is 24.5 Å². The molecule has 1 aromatic carbocycles. The molecule has 0 unspecified atom stereocenters. The maximum absolute atomic E-state index is 5.73. The molecule has 0 amide bonds. The van der Waals surface area contributed by atoms with E-state index in [1.165, 1.54) is 0 Å². The molecule has 3 aromatic heterocycles. The summed E-state index contributed by atoms with van der Waals surface area (Å²) in [5, 5.41) is 3.25. The highest BCUT2D eigenvalue weighted by molar-refractivity contribution is 7.13. The fourth-order valence-electron chi connectivity index (χ4n) is 2.64. The van der Waals surface area contributed by atoms with E-state index in [1.807, 2.05) is 29.5 Å². The van der Waals surface area contributed by atoms with Crippen LogP contribution >= 0.6 is 11.3 Å². The molecule has 0 spiro atoms. The summed E-state index contributed by atoms with van der Waals surface area (Å²) in [6.07, 6.45) is 7.16. The first kappa shape index (κ1) is 17.2. The molecule has 0 saturated carbocycles. The Hall–Kier alpha value is -3.26. The molecule has 0 bridgehead atoms. The van der Waals surface area contributed by atoms with Crippen LogP contribution < -0.4 is 10.1 Å². The molecule has 7 nitrogen and oxygen atoms in total. The summed E-state index contributed by atoms with van der Waals surface area (Å²) in [6, 6.07) is 7.97. The number of aromatic nitrogens is 5. The number of thiazole rings is 1. The highest BCUT2D eigenvalue weighted by atomic mass is 32.1. The zero-order valence-electron chi connectivity index (χ0n) is 15.0. The lowest BCUT2D eigenvalue weighted by molar-refractivity contribution is 0.280. The van der Waals surface area contributed by atoms with Crippen molar-refractivity contribution in [2.24, 2.45) is 7.05 Å². The molecule has 0 radical (unpaired) electrons. The van der Waals surface area contributed by atoms with Crippen LogP contribution in [-0.4, -0.2) is 24.5 Å². The van der Waals surface area contributed by atoms with Gasteiger partial charge in [-0.05, 0) is 30.2 Å². The minimum absolute atomic E-state index is 0.347. The molecular weight excluding hydrogens is 360 g/mol. The van der Waals surface area contributed by atoms with Crippen molar-refractivity contribution in [3.05, 3.63) is 66.0 Å². The minimum atomic E-state index is 0.347. The Morgan fingerprint density at radius 3 is 2.89 bits per heavy atom. The van der Waals surface area contributed by atoms with Crippen LogP contribution in [0.25, 0.3) is 10.4 Å². The molecule has 3 heterocycles. The van der Waals surface area contributed by atoms with Crippen LogP contribution in [-0.2, 0) is 13.7 Å². The molecule has 8 heteroatoms. The van der Waals surface area contributed by atoms with Crippen molar-refractivity contribution in [1.29, 1.82) is 0 Å². The van der Waals surface area contributed by atoms with Crippen molar-refractivity contribution < 1.29 is 4.74 Å². The average Bonchev–Trinajstić information content (AvgIpc) is 3.32. The lowest BCUT2D eigenvalue weighted by Gasteiger charge is -2.10. The van der Waals surface area contributed by atoms with Gasteiger partial charge in [0.1, 0.15) is 12.4 Å². The number of anilines is 2. The number of benzene rings is 1. The molecule has 4 aromatic rings. The SMILES string of the molecule is Cc1cc(Nc2nccc(OCc3nccn3C)n2)cc(-c2cncs2)c1. The number of ether oxygens (including phenoxy) is 1. The van der Waals surface area contributed by atoms with Gasteiger partial charge in [0.05, 0.1) is 10.4 Å². The predicted octanol–water partition coefficient (Wildman–Crippen LogP) is 3.96. The van der Waals surface area contributed by atoms with Crippen LogP contribution in [0.5, 0.6) is 5.88 Å². The molecule has 1 N–H and O–H groups in total. The zero-order valence-corrected chi connectivity index (χ0v) is 15.8. The Balaban J connectivity index is 1.50. The Morgan fingerprint density at radius 1 is 1.19 bits per heavy atom. The Bertz CT molecular complexity index is 1040. The summed E-state index contributed by atoms with van der Waals surface area (Å²) in [7, 11) is 1.93. The van der Waals surface area contributed by atoms with E-state index in [4.69, 9.17) is 4.74 Å². The van der Waals surface area contributed by atoms with Gasteiger partial charge in [0.15, 0.2) is 0 Å². The molecule has 0 aliphatic heterocycles. The van der Waals surface area contributed by atoms with Crippen LogP contribution in [0.2, 0.25) is 0 Å². The number of nitrogens with one attached hydrogen (secondary N) is 1. The topological polar surface area (TPSA) is 77.8 Å². The molecule has 136 valence electrons. The monoisotopic (exact) mass is 378 g/mol. The van der Waals surface area contributed by atoms with E-state index >= 15 is 0 Å². The van der Waals surface area contributed by atoms with E-state index in [0.29, 0.717) is 18.4 Å². The smallest absolute Gasteiger partial charge is 0.230 e. The number of hydrogen-bond acceptors (Lipinski definition) is 7. The van der Waals surface area contributed by atoms with Crippen molar-refractivity contribution >= 4 is 23.0 Å². The fraction of sp³-hybridized carbons (Fsp3) is 0.158. The normalized spacial score (nSPS) is 10.7. The van der Waals surface area contributed by atoms with Gasteiger partial charge in [-0.3, -0.25) is 4.98 Å². The van der Waals surface area contributed by atoms with Gasteiger partial charge in [0.2, 0.25) is 11.8 Å². The van der Waals surface area contributed by atoms with Crippen molar-refractivity contribution in [2.45, 2.75) is 13.5 Å². The minimum Gasteiger partial charge on any atom is -0.469 e. The first-order valence-corrected chi connectivity index (χ1v) is 9.25. The Labute approximate surface area is 160 Å². The first-order chi connectivity index (χ1) is 13.2. The third-order valence-electron chi connectivity index (χ3n) is 3.95. The molecule has 0 atom stereocenters. The predicted molar refractivity (Wildman–Crippen MR) is 105 cm³/mol. The van der Waals surface area contributed by atoms with Gasteiger partial charge in [-0.25, -0.2) is 9.97 Å². The van der Waals surface area contributed by atoms with Crippen molar-refractivity contribution in [3.63, 3.8) is 0 Å². The lowest BCUT2D eigenvalue weighted by Crippen LogP contribution is -2.05. The molecule has 4 rings (SSSR count). The van der Waals surface area contributed by atoms with Gasteiger partial charge in [0, 0.05) is 43.6 Å². The third kappa shape index (κ3) is 4.12. The maximum atomic E-state index is 5.73. The highest BCUT2D eigenvalue weighted by Gasteiger charge is 2.07. The number of aryl methyl sites for hydroxylation is 2. The summed E-state index contributed by atoms with van der Waals surface area (Å²) >= 11 is 1.61. The Morgan fingerprint density at radius 2 is 2.11 bits per heavy atom. The van der Waals surface area contributed by atoms with E-state index in [2.05, 4.69) is 50.4 Å². The summed E-state index contributed by atoms with van der Waals surface area (Å²) in [4.78, 5) is 18.2. The molecular formula is C19H18N6OS. The van der Waals surface area contributed by atoms with E-state index in [0.717, 1.165) is 27.5 Å². The summed E-state index contributed by atoms with van der Waals surface area (Å²) in [6.45, 7) is 2.41. The molecule has 0 aliphatic carbocycles. The summed E-state index contributed by atoms with van der Waals surface area (Å²) in [5.41, 5.74) is 5.00. The second-order valence-corrected chi connectivity index (χ2v) is 6.93. The van der Waals surface area contributed by atoms with Crippen molar-refractivity contribution in [3.8, 4) is 16.3 Å². The largest absolute Gasteiger partial charge is 0.469 e. The van der Waals surface area contributed by atoms with Gasteiger partial charge in [-0.15, -0.1) is 11.3 Å². The Kier molecular flexibility index (Phi) is 4.80. The fourth-order valence-corrected chi connectivity index (χ4v) is 3.25. The third-order valence-corrected chi connectivity index (χ3v) is 4.77. The van der Waals surface area contributed by atoms with Crippen LogP contribution in [0, 0.1) is 6.92 Å². The van der Waals surface area contributed by atoms with Gasteiger partial charge >= 0.3 is 0 Å². The van der Waals surface area contributed by atoms with E-state index in [1.54, 1.807) is 29.8 Å². The second kappa shape index (κ2) is 7.55.